The number of carbonyl (C=O) groups is 2. The van der Waals surface area contributed by atoms with E-state index in [4.69, 9.17) is 4.74 Å². The van der Waals surface area contributed by atoms with E-state index in [1.807, 2.05) is 4.90 Å². The van der Waals surface area contributed by atoms with Gasteiger partial charge in [-0.25, -0.2) is 0 Å². The van der Waals surface area contributed by atoms with Crippen molar-refractivity contribution in [3.63, 3.8) is 0 Å². The molecule has 0 radical (unpaired) electrons. The van der Waals surface area contributed by atoms with Crippen LogP contribution in [-0.2, 0) is 14.3 Å². The predicted octanol–water partition coefficient (Wildman–Crippen LogP) is 2.29. The number of fused-ring (bicyclic) bond motifs is 1. The fourth-order valence-corrected chi connectivity index (χ4v) is 4.84. The van der Waals surface area contributed by atoms with Crippen LogP contribution in [-0.4, -0.2) is 35.5 Å². The second-order valence-corrected chi connectivity index (χ2v) is 7.21. The van der Waals surface area contributed by atoms with E-state index >= 15 is 0 Å². The van der Waals surface area contributed by atoms with E-state index in [1.165, 1.54) is 0 Å². The van der Waals surface area contributed by atoms with Crippen LogP contribution in [0.5, 0.6) is 0 Å². The van der Waals surface area contributed by atoms with Gasteiger partial charge in [-0.15, -0.1) is 0 Å². The molecule has 1 saturated carbocycles. The molecule has 4 rings (SSSR count). The molecule has 4 aliphatic rings. The molecule has 0 aromatic rings. The third kappa shape index (κ3) is 2.11. The van der Waals surface area contributed by atoms with Crippen molar-refractivity contribution < 1.29 is 14.3 Å². The minimum absolute atomic E-state index is 0.173. The molecule has 0 bridgehead atoms. The normalized spacial score (nSPS) is 37.0. The van der Waals surface area contributed by atoms with Gasteiger partial charge in [-0.2, -0.15) is 0 Å². The zero-order valence-corrected chi connectivity index (χ0v) is 12.4. The topological polar surface area (TPSA) is 46.6 Å². The van der Waals surface area contributed by atoms with Crippen LogP contribution in [0.1, 0.15) is 44.9 Å². The summed E-state index contributed by atoms with van der Waals surface area (Å²) in [5.41, 5.74) is -0.458. The Hall–Kier alpha value is -1.32. The summed E-state index contributed by atoms with van der Waals surface area (Å²) in [7, 11) is 0. The lowest BCUT2D eigenvalue weighted by molar-refractivity contribution is -0.151. The fourth-order valence-electron chi connectivity index (χ4n) is 4.84. The van der Waals surface area contributed by atoms with Crippen LogP contribution in [0.25, 0.3) is 0 Å². The fraction of sp³-hybridized carbons (Fsp3) is 0.765. The summed E-state index contributed by atoms with van der Waals surface area (Å²) in [6.07, 6.45) is 10.9. The number of carbonyl (C=O) groups excluding carboxylic acids is 2. The van der Waals surface area contributed by atoms with Crippen LogP contribution >= 0.6 is 0 Å². The highest BCUT2D eigenvalue weighted by molar-refractivity contribution is 5.88. The van der Waals surface area contributed by atoms with Crippen molar-refractivity contribution in [2.45, 2.75) is 50.5 Å². The molecule has 0 aromatic heterocycles. The van der Waals surface area contributed by atoms with Gasteiger partial charge in [0, 0.05) is 13.1 Å². The average Bonchev–Trinajstić information content (AvgIpc) is 3.17. The van der Waals surface area contributed by atoms with Gasteiger partial charge in [0.2, 0.25) is 5.91 Å². The Morgan fingerprint density at radius 2 is 1.76 bits per heavy atom. The number of allylic oxidation sites excluding steroid dienone is 2. The molecular weight excluding hydrogens is 266 g/mol. The summed E-state index contributed by atoms with van der Waals surface area (Å²) < 4.78 is 5.62. The van der Waals surface area contributed by atoms with Gasteiger partial charge < -0.3 is 9.64 Å². The Morgan fingerprint density at radius 1 is 1.14 bits per heavy atom. The lowest BCUT2D eigenvalue weighted by Gasteiger charge is -2.31. The molecule has 0 N–H and O–H groups in total. The van der Waals surface area contributed by atoms with Gasteiger partial charge in [0.1, 0.15) is 5.60 Å². The number of hydrogen-bond acceptors (Lipinski definition) is 3. The summed E-state index contributed by atoms with van der Waals surface area (Å²) in [4.78, 5) is 26.8. The summed E-state index contributed by atoms with van der Waals surface area (Å²) in [5.74, 6) is 1.03. The highest BCUT2D eigenvalue weighted by Crippen LogP contribution is 2.47. The minimum atomic E-state index is -0.458. The Balaban J connectivity index is 1.51. The summed E-state index contributed by atoms with van der Waals surface area (Å²) in [5, 5.41) is 0. The Morgan fingerprint density at radius 3 is 2.38 bits per heavy atom. The third-order valence-electron chi connectivity index (χ3n) is 6.00. The molecular formula is C17H23NO3. The molecule has 3 atom stereocenters. The summed E-state index contributed by atoms with van der Waals surface area (Å²) in [6, 6.07) is 0. The first kappa shape index (κ1) is 13.4. The van der Waals surface area contributed by atoms with Gasteiger partial charge in [-0.05, 0) is 50.4 Å². The number of ether oxygens (including phenoxy) is 1. The van der Waals surface area contributed by atoms with E-state index in [0.717, 1.165) is 51.6 Å². The first-order valence-electron chi connectivity index (χ1n) is 8.33. The highest BCUT2D eigenvalue weighted by Gasteiger charge is 2.55. The van der Waals surface area contributed by atoms with Gasteiger partial charge in [0.05, 0.1) is 12.3 Å². The van der Waals surface area contributed by atoms with Crippen molar-refractivity contribution in [2.75, 3.05) is 13.1 Å². The van der Waals surface area contributed by atoms with E-state index < -0.39 is 5.60 Å². The van der Waals surface area contributed by atoms with Crippen LogP contribution in [0.2, 0.25) is 0 Å². The van der Waals surface area contributed by atoms with E-state index in [1.54, 1.807) is 0 Å². The average molecular weight is 289 g/mol. The Kier molecular flexibility index (Phi) is 3.09. The van der Waals surface area contributed by atoms with E-state index in [2.05, 4.69) is 12.2 Å². The first-order chi connectivity index (χ1) is 10.2. The zero-order chi connectivity index (χ0) is 14.4. The number of esters is 1. The van der Waals surface area contributed by atoms with Gasteiger partial charge in [-0.1, -0.05) is 12.2 Å². The number of nitrogens with zero attached hydrogens (tertiary/aromatic N) is 1. The first-order valence-corrected chi connectivity index (χ1v) is 8.33. The quantitative estimate of drug-likeness (QED) is 0.549. The molecule has 1 spiro atoms. The van der Waals surface area contributed by atoms with Crippen molar-refractivity contribution in [1.82, 2.24) is 4.90 Å². The number of hydrogen-bond donors (Lipinski definition) is 0. The molecule has 114 valence electrons. The van der Waals surface area contributed by atoms with Crippen LogP contribution in [0.4, 0.5) is 0 Å². The van der Waals surface area contributed by atoms with Gasteiger partial charge in [0.25, 0.3) is 0 Å². The predicted molar refractivity (Wildman–Crippen MR) is 77.3 cm³/mol. The molecule has 2 heterocycles. The maximum Gasteiger partial charge on any atom is 0.307 e. The van der Waals surface area contributed by atoms with Gasteiger partial charge in [-0.3, -0.25) is 9.59 Å². The maximum absolute atomic E-state index is 13.0. The van der Waals surface area contributed by atoms with Crippen LogP contribution in [0.15, 0.2) is 12.2 Å². The van der Waals surface area contributed by atoms with Crippen molar-refractivity contribution >= 4 is 11.9 Å². The summed E-state index contributed by atoms with van der Waals surface area (Å²) in [6.45, 7) is 1.74. The largest absolute Gasteiger partial charge is 0.458 e. The summed E-state index contributed by atoms with van der Waals surface area (Å²) >= 11 is 0. The van der Waals surface area contributed by atoms with Crippen molar-refractivity contribution in [2.24, 2.45) is 17.8 Å². The van der Waals surface area contributed by atoms with Crippen LogP contribution < -0.4 is 0 Å². The van der Waals surface area contributed by atoms with Crippen LogP contribution in [0, 0.1) is 17.8 Å². The second-order valence-electron chi connectivity index (χ2n) is 7.21. The Labute approximate surface area is 125 Å². The van der Waals surface area contributed by atoms with E-state index in [0.29, 0.717) is 18.3 Å². The van der Waals surface area contributed by atoms with Gasteiger partial charge in [0.15, 0.2) is 0 Å². The second kappa shape index (κ2) is 4.85. The van der Waals surface area contributed by atoms with Crippen molar-refractivity contribution in [1.29, 1.82) is 0 Å². The van der Waals surface area contributed by atoms with E-state index in [-0.39, 0.29) is 17.8 Å². The molecule has 1 unspecified atom stereocenters. The molecule has 0 aromatic carbocycles. The Bertz CT molecular complexity index is 476. The SMILES string of the molecule is O=C1CC(C(=O)N2C[C@H]3CC=CC[C@H]3C2)C2(CCCC2)O1. The monoisotopic (exact) mass is 289 g/mol. The number of likely N-dealkylation sites (tertiary alicyclic amines) is 1. The van der Waals surface area contributed by atoms with Crippen molar-refractivity contribution in [3.8, 4) is 0 Å². The molecule has 4 nitrogen and oxygen atoms in total. The molecule has 2 saturated heterocycles. The lowest BCUT2D eigenvalue weighted by Crippen LogP contribution is -2.44. The number of rotatable bonds is 1. The molecule has 4 heteroatoms. The zero-order valence-electron chi connectivity index (χ0n) is 12.4. The highest BCUT2D eigenvalue weighted by atomic mass is 16.6. The molecule has 21 heavy (non-hydrogen) atoms. The maximum atomic E-state index is 13.0. The van der Waals surface area contributed by atoms with Gasteiger partial charge >= 0.3 is 5.97 Å². The van der Waals surface area contributed by atoms with Crippen molar-refractivity contribution in [3.05, 3.63) is 12.2 Å². The smallest absolute Gasteiger partial charge is 0.307 e. The lowest BCUT2D eigenvalue weighted by atomic mass is 9.84. The molecule has 1 amide bonds. The molecule has 2 aliphatic heterocycles. The number of amides is 1. The minimum Gasteiger partial charge on any atom is -0.458 e. The van der Waals surface area contributed by atoms with Crippen LogP contribution in [0.3, 0.4) is 0 Å². The third-order valence-corrected chi connectivity index (χ3v) is 6.00. The standard InChI is InChI=1S/C17H23NO3/c19-15-9-14(17(21-15)7-3-4-8-17)16(20)18-10-12-5-1-2-6-13(12)11-18/h1-2,12-14H,3-11H2/t12-,13+,14?. The molecule has 2 aliphatic carbocycles. The van der Waals surface area contributed by atoms with E-state index in [9.17, 15) is 9.59 Å². The molecule has 3 fully saturated rings.